The molecule has 0 aliphatic rings. The summed E-state index contributed by atoms with van der Waals surface area (Å²) >= 11 is 0. The molecular formula is C15H31ClN4. The molecule has 0 aromatic carbocycles. The van der Waals surface area contributed by atoms with Crippen molar-refractivity contribution in [2.24, 2.45) is 0 Å². The average molecular weight is 303 g/mol. The maximum atomic E-state index is 4.83. The molecule has 0 bridgehead atoms. The van der Waals surface area contributed by atoms with Gasteiger partial charge in [0.05, 0.1) is 6.42 Å². The van der Waals surface area contributed by atoms with Crippen LogP contribution in [0.2, 0.25) is 0 Å². The zero-order valence-corrected chi connectivity index (χ0v) is 14.3. The van der Waals surface area contributed by atoms with Gasteiger partial charge < -0.3 is 12.4 Å². The maximum Gasteiger partial charge on any atom is 0.302 e. The number of halogens is 1. The molecule has 20 heavy (non-hydrogen) atoms. The molecule has 118 valence electrons. The van der Waals surface area contributed by atoms with Crippen molar-refractivity contribution in [1.82, 2.24) is 9.77 Å². The first kappa shape index (κ1) is 19.2. The Kier molecular flexibility index (Phi) is 10.5. The first-order valence-electron chi connectivity index (χ1n) is 7.96. The van der Waals surface area contributed by atoms with Crippen molar-refractivity contribution in [2.75, 3.05) is 12.5 Å². The summed E-state index contributed by atoms with van der Waals surface area (Å²) < 4.78 is 4.43. The number of aryl methyl sites for hydroxylation is 2. The fraction of sp³-hybridized carbons (Fsp3) is 0.867. The highest BCUT2D eigenvalue weighted by Crippen LogP contribution is 2.07. The minimum Gasteiger partial charge on any atom is -1.00 e. The van der Waals surface area contributed by atoms with E-state index in [1.807, 2.05) is 7.05 Å². The van der Waals surface area contributed by atoms with Crippen LogP contribution < -0.4 is 22.5 Å². The Balaban J connectivity index is 0.00000361. The Bertz CT molecular complexity index is 363. The molecule has 5 heteroatoms. The van der Waals surface area contributed by atoms with E-state index in [4.69, 9.17) is 5.10 Å². The summed E-state index contributed by atoms with van der Waals surface area (Å²) in [7, 11) is 2.00. The Morgan fingerprint density at radius 1 is 1.00 bits per heavy atom. The van der Waals surface area contributed by atoms with E-state index in [1.165, 1.54) is 50.2 Å². The second kappa shape index (κ2) is 11.0. The zero-order valence-electron chi connectivity index (χ0n) is 13.6. The first-order chi connectivity index (χ1) is 9.28. The molecule has 4 nitrogen and oxygen atoms in total. The lowest BCUT2D eigenvalue weighted by molar-refractivity contribution is -0.759. The van der Waals surface area contributed by atoms with Crippen LogP contribution in [-0.2, 0) is 19.4 Å². The monoisotopic (exact) mass is 302 g/mol. The van der Waals surface area contributed by atoms with Crippen LogP contribution in [0.1, 0.15) is 70.9 Å². The molecule has 0 atom stereocenters. The van der Waals surface area contributed by atoms with E-state index >= 15 is 0 Å². The van der Waals surface area contributed by atoms with Gasteiger partial charge in [-0.25, -0.2) is 0 Å². The van der Waals surface area contributed by atoms with Gasteiger partial charge >= 0.3 is 5.82 Å². The molecule has 1 rings (SSSR count). The smallest absolute Gasteiger partial charge is 0.302 e. The lowest BCUT2D eigenvalue weighted by atomic mass is 10.2. The summed E-state index contributed by atoms with van der Waals surface area (Å²) in [5.74, 6) is 2.52. The van der Waals surface area contributed by atoms with Crippen molar-refractivity contribution >= 4 is 0 Å². The number of nitrogens with zero attached hydrogens (tertiary/aromatic N) is 3. The summed E-state index contributed by atoms with van der Waals surface area (Å²) in [6.45, 7) is 7.76. The molecule has 1 aromatic heterocycles. The van der Waals surface area contributed by atoms with E-state index < -0.39 is 0 Å². The standard InChI is InChI=1S/C15H31N4.ClH/c1-5-8-11-14-17-18(13-10-7-3)15(12-9-6-2)19(14)16-4;/h16H,5-13H2,1-4H3;1H/q+1;/p-1. The molecule has 1 N–H and O–H groups in total. The summed E-state index contributed by atoms with van der Waals surface area (Å²) in [6.07, 6.45) is 9.49. The van der Waals surface area contributed by atoms with Crippen LogP contribution in [0.15, 0.2) is 0 Å². The van der Waals surface area contributed by atoms with Crippen LogP contribution in [0.5, 0.6) is 0 Å². The fourth-order valence-corrected chi connectivity index (χ4v) is 2.32. The van der Waals surface area contributed by atoms with Crippen LogP contribution in [0, 0.1) is 0 Å². The van der Waals surface area contributed by atoms with E-state index in [9.17, 15) is 0 Å². The number of rotatable bonds is 10. The Morgan fingerprint density at radius 2 is 1.60 bits per heavy atom. The molecule has 0 amide bonds. The van der Waals surface area contributed by atoms with Gasteiger partial charge in [0, 0.05) is 13.5 Å². The van der Waals surface area contributed by atoms with Crippen LogP contribution in [-0.4, -0.2) is 16.8 Å². The van der Waals surface area contributed by atoms with Crippen LogP contribution in [0.3, 0.4) is 0 Å². The molecule has 0 spiro atoms. The molecule has 0 radical (unpaired) electrons. The third-order valence-corrected chi connectivity index (χ3v) is 3.51. The lowest BCUT2D eigenvalue weighted by Crippen LogP contribution is -3.00. The van der Waals surface area contributed by atoms with Crippen molar-refractivity contribution in [1.29, 1.82) is 0 Å². The number of unbranched alkanes of at least 4 members (excludes halogenated alkanes) is 3. The highest BCUT2D eigenvalue weighted by molar-refractivity contribution is 4.94. The highest BCUT2D eigenvalue weighted by Gasteiger charge is 2.23. The zero-order chi connectivity index (χ0) is 14.1. The maximum absolute atomic E-state index is 4.83. The van der Waals surface area contributed by atoms with Crippen molar-refractivity contribution in [3.05, 3.63) is 11.6 Å². The van der Waals surface area contributed by atoms with E-state index in [0.717, 1.165) is 19.4 Å². The topological polar surface area (TPSA) is 33.7 Å². The van der Waals surface area contributed by atoms with Gasteiger partial charge in [-0.05, 0) is 24.4 Å². The van der Waals surface area contributed by atoms with Crippen LogP contribution >= 0.6 is 0 Å². The molecule has 1 aromatic rings. The van der Waals surface area contributed by atoms with E-state index in [1.54, 1.807) is 0 Å². The summed E-state index contributed by atoms with van der Waals surface area (Å²) in [5.41, 5.74) is 3.31. The number of hydrogen-bond acceptors (Lipinski definition) is 2. The number of aromatic nitrogens is 3. The molecule has 0 saturated heterocycles. The highest BCUT2D eigenvalue weighted by atomic mass is 35.5. The summed E-state index contributed by atoms with van der Waals surface area (Å²) in [5, 5.41) is 4.83. The molecule has 0 aliphatic heterocycles. The Labute approximate surface area is 130 Å². The van der Waals surface area contributed by atoms with Gasteiger partial charge in [0.2, 0.25) is 0 Å². The second-order valence-electron chi connectivity index (χ2n) is 5.18. The van der Waals surface area contributed by atoms with Gasteiger partial charge in [0.25, 0.3) is 5.82 Å². The van der Waals surface area contributed by atoms with Gasteiger partial charge in [0.1, 0.15) is 6.54 Å². The predicted molar refractivity (Wildman–Crippen MR) is 79.8 cm³/mol. The van der Waals surface area contributed by atoms with Crippen molar-refractivity contribution < 1.29 is 17.1 Å². The summed E-state index contributed by atoms with van der Waals surface area (Å²) in [4.78, 5) is 0. The molecular weight excluding hydrogens is 272 g/mol. The van der Waals surface area contributed by atoms with E-state index in [2.05, 4.69) is 35.6 Å². The van der Waals surface area contributed by atoms with Gasteiger partial charge in [-0.15, -0.1) is 9.36 Å². The van der Waals surface area contributed by atoms with Gasteiger partial charge in [-0.2, -0.15) is 0 Å². The normalized spacial score (nSPS) is 10.4. The van der Waals surface area contributed by atoms with Crippen molar-refractivity contribution in [3.63, 3.8) is 0 Å². The van der Waals surface area contributed by atoms with Gasteiger partial charge in [-0.3, -0.25) is 5.43 Å². The third kappa shape index (κ3) is 5.31. The molecule has 0 fully saturated rings. The van der Waals surface area contributed by atoms with Crippen LogP contribution in [0.25, 0.3) is 0 Å². The quantitative estimate of drug-likeness (QED) is 0.609. The SMILES string of the molecule is CCCCc1n[n+](CCCC)c(CCCC)n1NC.[Cl-]. The van der Waals surface area contributed by atoms with Crippen LogP contribution in [0.4, 0.5) is 0 Å². The summed E-state index contributed by atoms with van der Waals surface area (Å²) in [6, 6.07) is 0. The number of nitrogens with one attached hydrogen (secondary N) is 1. The van der Waals surface area contributed by atoms with Crippen molar-refractivity contribution in [2.45, 2.75) is 78.7 Å². The van der Waals surface area contributed by atoms with Crippen molar-refractivity contribution in [3.8, 4) is 0 Å². The van der Waals surface area contributed by atoms with Gasteiger partial charge in [-0.1, -0.05) is 40.0 Å². The largest absolute Gasteiger partial charge is 1.00 e. The minimum absolute atomic E-state index is 0. The first-order valence-corrected chi connectivity index (χ1v) is 7.96. The second-order valence-corrected chi connectivity index (χ2v) is 5.18. The Hall–Kier alpha value is -0.770. The van der Waals surface area contributed by atoms with E-state index in [0.29, 0.717) is 0 Å². The number of hydrogen-bond donors (Lipinski definition) is 1. The molecule has 0 saturated carbocycles. The molecule has 0 aliphatic carbocycles. The molecule has 0 unspecified atom stereocenters. The predicted octanol–water partition coefficient (Wildman–Crippen LogP) is -0.167. The Morgan fingerprint density at radius 3 is 2.15 bits per heavy atom. The average Bonchev–Trinajstić information content (AvgIpc) is 2.77. The third-order valence-electron chi connectivity index (χ3n) is 3.51. The van der Waals surface area contributed by atoms with E-state index in [-0.39, 0.29) is 12.4 Å². The molecule has 1 heterocycles. The lowest BCUT2D eigenvalue weighted by Gasteiger charge is -2.02. The fourth-order valence-electron chi connectivity index (χ4n) is 2.32. The minimum atomic E-state index is 0. The van der Waals surface area contributed by atoms with Gasteiger partial charge in [0.15, 0.2) is 0 Å².